The minimum atomic E-state index is -1.13. The van der Waals surface area contributed by atoms with Crippen LogP contribution in [0, 0.1) is 5.92 Å². The van der Waals surface area contributed by atoms with Crippen LogP contribution in [-0.4, -0.2) is 49.2 Å². The molecule has 0 saturated carbocycles. The van der Waals surface area contributed by atoms with Gasteiger partial charge in [0.2, 0.25) is 5.91 Å². The number of carboxylic acids is 1. The molecule has 21 heavy (non-hydrogen) atoms. The number of esters is 1. The summed E-state index contributed by atoms with van der Waals surface area (Å²) in [6, 6.07) is -1.04. The molecule has 0 aromatic rings. The normalized spacial score (nSPS) is 19.6. The van der Waals surface area contributed by atoms with E-state index in [0.717, 1.165) is 32.4 Å². The van der Waals surface area contributed by atoms with E-state index in [-0.39, 0.29) is 18.7 Å². The van der Waals surface area contributed by atoms with Crippen molar-refractivity contribution in [1.29, 1.82) is 0 Å². The van der Waals surface area contributed by atoms with Crippen LogP contribution in [0.2, 0.25) is 0 Å². The van der Waals surface area contributed by atoms with Crippen molar-refractivity contribution in [2.75, 3.05) is 20.2 Å². The van der Waals surface area contributed by atoms with Crippen molar-refractivity contribution in [2.24, 2.45) is 5.92 Å². The van der Waals surface area contributed by atoms with Crippen LogP contribution in [0.4, 0.5) is 0 Å². The van der Waals surface area contributed by atoms with Crippen molar-refractivity contribution in [3.05, 3.63) is 0 Å². The van der Waals surface area contributed by atoms with E-state index in [0.29, 0.717) is 12.3 Å². The number of nitrogens with one attached hydrogen (secondary N) is 2. The van der Waals surface area contributed by atoms with Crippen molar-refractivity contribution >= 4 is 17.8 Å². The van der Waals surface area contributed by atoms with Gasteiger partial charge in [0, 0.05) is 12.8 Å². The molecule has 0 aromatic heterocycles. The molecule has 1 amide bonds. The molecule has 0 bridgehead atoms. The van der Waals surface area contributed by atoms with Crippen LogP contribution in [-0.2, 0) is 19.1 Å². The van der Waals surface area contributed by atoms with E-state index in [2.05, 4.69) is 15.4 Å². The Morgan fingerprint density at radius 3 is 2.71 bits per heavy atom. The first-order valence-corrected chi connectivity index (χ1v) is 7.32. The Morgan fingerprint density at radius 2 is 2.14 bits per heavy atom. The van der Waals surface area contributed by atoms with Gasteiger partial charge in [0.15, 0.2) is 0 Å². The molecule has 1 aliphatic heterocycles. The highest BCUT2D eigenvalue weighted by molar-refractivity contribution is 5.84. The molecular weight excluding hydrogens is 276 g/mol. The second kappa shape index (κ2) is 9.33. The molecule has 2 atom stereocenters. The zero-order valence-corrected chi connectivity index (χ0v) is 12.4. The van der Waals surface area contributed by atoms with Crippen molar-refractivity contribution < 1.29 is 24.2 Å². The second-order valence-corrected chi connectivity index (χ2v) is 5.32. The number of hydrogen-bond acceptors (Lipinski definition) is 5. The lowest BCUT2D eigenvalue weighted by Gasteiger charge is -2.22. The third-order valence-corrected chi connectivity index (χ3v) is 3.68. The number of carbonyl (C=O) groups excluding carboxylic acids is 2. The van der Waals surface area contributed by atoms with Crippen molar-refractivity contribution in [1.82, 2.24) is 10.6 Å². The average molecular weight is 300 g/mol. The number of carboxylic acid groups (broad SMARTS) is 1. The minimum absolute atomic E-state index is 0.0275. The van der Waals surface area contributed by atoms with Crippen LogP contribution in [0.3, 0.4) is 0 Å². The van der Waals surface area contributed by atoms with Gasteiger partial charge in [-0.2, -0.15) is 0 Å². The molecule has 1 aliphatic rings. The molecule has 120 valence electrons. The number of rotatable bonds is 8. The van der Waals surface area contributed by atoms with Gasteiger partial charge in [-0.15, -0.1) is 0 Å². The van der Waals surface area contributed by atoms with Crippen LogP contribution in [0.5, 0.6) is 0 Å². The predicted octanol–water partition coefficient (Wildman–Crippen LogP) is 0.289. The van der Waals surface area contributed by atoms with Crippen molar-refractivity contribution in [3.63, 3.8) is 0 Å². The smallest absolute Gasteiger partial charge is 0.326 e. The predicted molar refractivity (Wildman–Crippen MR) is 75.6 cm³/mol. The van der Waals surface area contributed by atoms with Gasteiger partial charge in [-0.1, -0.05) is 0 Å². The lowest BCUT2D eigenvalue weighted by Crippen LogP contribution is -2.41. The summed E-state index contributed by atoms with van der Waals surface area (Å²) in [5.41, 5.74) is 0. The molecule has 1 heterocycles. The maximum atomic E-state index is 11.8. The van der Waals surface area contributed by atoms with E-state index in [1.807, 2.05) is 0 Å². The highest BCUT2D eigenvalue weighted by Crippen LogP contribution is 2.15. The van der Waals surface area contributed by atoms with Crippen LogP contribution >= 0.6 is 0 Å². The van der Waals surface area contributed by atoms with Crippen LogP contribution in [0.1, 0.15) is 38.5 Å². The largest absolute Gasteiger partial charge is 0.480 e. The van der Waals surface area contributed by atoms with Crippen molar-refractivity contribution in [3.8, 4) is 0 Å². The first kappa shape index (κ1) is 17.4. The van der Waals surface area contributed by atoms with Gasteiger partial charge in [0.05, 0.1) is 7.11 Å². The third-order valence-electron chi connectivity index (χ3n) is 3.68. The maximum Gasteiger partial charge on any atom is 0.326 e. The van der Waals surface area contributed by atoms with Gasteiger partial charge in [-0.05, 0) is 44.7 Å². The van der Waals surface area contributed by atoms with Gasteiger partial charge in [-0.25, -0.2) is 4.79 Å². The summed E-state index contributed by atoms with van der Waals surface area (Å²) in [6.07, 6.45) is 3.30. The minimum Gasteiger partial charge on any atom is -0.480 e. The SMILES string of the molecule is COC(=O)CCC(NC(=O)CCC1CCCNC1)C(=O)O. The Kier molecular flexibility index (Phi) is 7.74. The van der Waals surface area contributed by atoms with E-state index in [1.54, 1.807) is 0 Å². The summed E-state index contributed by atoms with van der Waals surface area (Å²) in [7, 11) is 1.24. The first-order chi connectivity index (χ1) is 10.0. The molecule has 1 saturated heterocycles. The number of carbonyl (C=O) groups is 3. The first-order valence-electron chi connectivity index (χ1n) is 7.32. The van der Waals surface area contributed by atoms with Gasteiger partial charge >= 0.3 is 11.9 Å². The van der Waals surface area contributed by atoms with Crippen LogP contribution < -0.4 is 10.6 Å². The summed E-state index contributed by atoms with van der Waals surface area (Å²) < 4.78 is 4.46. The van der Waals surface area contributed by atoms with E-state index >= 15 is 0 Å². The Bertz CT molecular complexity index is 366. The second-order valence-electron chi connectivity index (χ2n) is 5.32. The lowest BCUT2D eigenvalue weighted by atomic mass is 9.94. The van der Waals surface area contributed by atoms with Crippen molar-refractivity contribution in [2.45, 2.75) is 44.6 Å². The molecular formula is C14H24N2O5. The monoisotopic (exact) mass is 300 g/mol. The molecule has 0 radical (unpaired) electrons. The number of ether oxygens (including phenoxy) is 1. The highest BCUT2D eigenvalue weighted by atomic mass is 16.5. The van der Waals surface area contributed by atoms with Crippen LogP contribution in [0.25, 0.3) is 0 Å². The van der Waals surface area contributed by atoms with E-state index in [9.17, 15) is 14.4 Å². The molecule has 7 nitrogen and oxygen atoms in total. The zero-order valence-electron chi connectivity index (χ0n) is 12.4. The molecule has 1 fully saturated rings. The van der Waals surface area contributed by atoms with Gasteiger partial charge < -0.3 is 20.5 Å². The highest BCUT2D eigenvalue weighted by Gasteiger charge is 2.22. The lowest BCUT2D eigenvalue weighted by molar-refractivity contribution is -0.144. The van der Waals surface area contributed by atoms with E-state index in [4.69, 9.17) is 5.11 Å². The zero-order chi connectivity index (χ0) is 15.7. The van der Waals surface area contributed by atoms with Gasteiger partial charge in [0.25, 0.3) is 0 Å². The molecule has 2 unspecified atom stereocenters. The molecule has 0 aromatic carbocycles. The Labute approximate surface area is 124 Å². The summed E-state index contributed by atoms with van der Waals surface area (Å²) in [4.78, 5) is 33.9. The molecule has 7 heteroatoms. The molecule has 0 aliphatic carbocycles. The number of aliphatic carboxylic acids is 1. The average Bonchev–Trinajstić information content (AvgIpc) is 2.49. The topological polar surface area (TPSA) is 105 Å². The Balaban J connectivity index is 2.30. The number of methoxy groups -OCH3 is 1. The summed E-state index contributed by atoms with van der Waals surface area (Å²) in [5.74, 6) is -1.42. The quantitative estimate of drug-likeness (QED) is 0.556. The fourth-order valence-corrected chi connectivity index (χ4v) is 2.39. The summed E-state index contributed by atoms with van der Waals surface area (Å²) >= 11 is 0. The van der Waals surface area contributed by atoms with E-state index in [1.165, 1.54) is 7.11 Å². The Hall–Kier alpha value is -1.63. The number of piperidine rings is 1. The van der Waals surface area contributed by atoms with Crippen LogP contribution in [0.15, 0.2) is 0 Å². The fraction of sp³-hybridized carbons (Fsp3) is 0.786. The van der Waals surface area contributed by atoms with Gasteiger partial charge in [-0.3, -0.25) is 9.59 Å². The van der Waals surface area contributed by atoms with E-state index < -0.39 is 18.0 Å². The fourth-order valence-electron chi connectivity index (χ4n) is 2.39. The molecule has 1 rings (SSSR count). The molecule has 0 spiro atoms. The molecule has 3 N–H and O–H groups in total. The summed E-state index contributed by atoms with van der Waals surface area (Å²) in [5, 5.41) is 14.8. The summed E-state index contributed by atoms with van der Waals surface area (Å²) in [6.45, 7) is 1.94. The third kappa shape index (κ3) is 7.08. The maximum absolute atomic E-state index is 11.8. The Morgan fingerprint density at radius 1 is 1.38 bits per heavy atom. The number of amides is 1. The standard InChI is InChI=1S/C14H24N2O5/c1-21-13(18)7-5-11(14(19)20)16-12(17)6-4-10-3-2-8-15-9-10/h10-11,15H,2-9H2,1H3,(H,16,17)(H,19,20). The van der Waals surface area contributed by atoms with Gasteiger partial charge in [0.1, 0.15) is 6.04 Å². The number of hydrogen-bond donors (Lipinski definition) is 3.